The Morgan fingerprint density at radius 3 is 2.71 bits per heavy atom. The Bertz CT molecular complexity index is 410. The third-order valence-electron chi connectivity index (χ3n) is 3.18. The maximum Gasteiger partial charge on any atom is 0.0246 e. The fourth-order valence-corrected chi connectivity index (χ4v) is 2.21. The topological polar surface area (TPSA) is 3.24 Å². The highest BCUT2D eigenvalue weighted by molar-refractivity contribution is 5.41. The van der Waals surface area contributed by atoms with Gasteiger partial charge in [0.05, 0.1) is 0 Å². The average Bonchev–Trinajstić information content (AvgIpc) is 2.97. The number of hydrogen-bond donors (Lipinski definition) is 0. The molecule has 3 rings (SSSR count). The molecule has 1 aliphatic carbocycles. The van der Waals surface area contributed by atoms with Crippen molar-refractivity contribution in [2.45, 2.75) is 32.0 Å². The van der Waals surface area contributed by atoms with Gasteiger partial charge in [0, 0.05) is 24.7 Å². The van der Waals surface area contributed by atoms with Crippen molar-refractivity contribution in [3.8, 4) is 12.3 Å². The molecular formula is C13H13N. The summed E-state index contributed by atoms with van der Waals surface area (Å²) in [7, 11) is 0. The Hall–Kier alpha value is -1.26. The molecule has 0 amide bonds. The summed E-state index contributed by atoms with van der Waals surface area (Å²) in [5.41, 5.74) is 3.92. The molecule has 1 nitrogen and oxygen atoms in total. The maximum atomic E-state index is 5.39. The van der Waals surface area contributed by atoms with Gasteiger partial charge in [-0.3, -0.25) is 4.90 Å². The van der Waals surface area contributed by atoms with Gasteiger partial charge in [0.1, 0.15) is 0 Å². The van der Waals surface area contributed by atoms with Gasteiger partial charge in [-0.2, -0.15) is 0 Å². The predicted octanol–water partition coefficient (Wildman–Crippen LogP) is 2.15. The van der Waals surface area contributed by atoms with Crippen molar-refractivity contribution in [3.05, 3.63) is 34.9 Å². The first-order valence-corrected chi connectivity index (χ1v) is 5.19. The molecule has 1 fully saturated rings. The van der Waals surface area contributed by atoms with E-state index in [1.54, 1.807) is 0 Å². The summed E-state index contributed by atoms with van der Waals surface area (Å²) in [6.07, 6.45) is 8.16. The molecule has 0 N–H and O–H groups in total. The Morgan fingerprint density at radius 2 is 2.00 bits per heavy atom. The summed E-state index contributed by atoms with van der Waals surface area (Å²) in [6, 6.07) is 7.26. The highest BCUT2D eigenvalue weighted by Crippen LogP contribution is 2.34. The van der Waals surface area contributed by atoms with E-state index < -0.39 is 0 Å². The zero-order valence-corrected chi connectivity index (χ0v) is 8.16. The molecule has 0 unspecified atom stereocenters. The van der Waals surface area contributed by atoms with Crippen LogP contribution in [0.3, 0.4) is 0 Å². The minimum Gasteiger partial charge on any atom is -0.292 e. The van der Waals surface area contributed by atoms with Crippen molar-refractivity contribution in [1.29, 1.82) is 0 Å². The van der Waals surface area contributed by atoms with Crippen LogP contribution in [0.15, 0.2) is 18.2 Å². The SMILES string of the molecule is C#Cc1ccc2c(c1)CN(C1CC1)C2. The number of fused-ring (bicyclic) bond motifs is 1. The number of hydrogen-bond acceptors (Lipinski definition) is 1. The van der Waals surface area contributed by atoms with E-state index in [1.165, 1.54) is 24.0 Å². The van der Waals surface area contributed by atoms with Crippen LogP contribution < -0.4 is 0 Å². The molecule has 1 saturated carbocycles. The minimum atomic E-state index is 0.858. The van der Waals surface area contributed by atoms with Crippen LogP contribution in [0.5, 0.6) is 0 Å². The molecule has 1 aromatic rings. The highest BCUT2D eigenvalue weighted by atomic mass is 15.2. The van der Waals surface area contributed by atoms with E-state index in [-0.39, 0.29) is 0 Å². The lowest BCUT2D eigenvalue weighted by molar-refractivity contribution is 0.273. The second kappa shape index (κ2) is 2.87. The van der Waals surface area contributed by atoms with Crippen LogP contribution in [0.25, 0.3) is 0 Å². The van der Waals surface area contributed by atoms with Crippen molar-refractivity contribution in [3.63, 3.8) is 0 Å². The van der Waals surface area contributed by atoms with E-state index in [1.807, 2.05) is 0 Å². The van der Waals surface area contributed by atoms with Crippen molar-refractivity contribution in [2.75, 3.05) is 0 Å². The lowest BCUT2D eigenvalue weighted by atomic mass is 10.1. The lowest BCUT2D eigenvalue weighted by Crippen LogP contribution is -2.18. The number of terminal acetylenes is 1. The van der Waals surface area contributed by atoms with Gasteiger partial charge in [-0.25, -0.2) is 0 Å². The first-order valence-electron chi connectivity index (χ1n) is 5.19. The number of rotatable bonds is 1. The molecule has 1 heteroatoms. The van der Waals surface area contributed by atoms with Gasteiger partial charge < -0.3 is 0 Å². The summed E-state index contributed by atoms with van der Waals surface area (Å²) >= 11 is 0. The van der Waals surface area contributed by atoms with Gasteiger partial charge in [0.15, 0.2) is 0 Å². The smallest absolute Gasteiger partial charge is 0.0246 e. The van der Waals surface area contributed by atoms with Crippen LogP contribution in [-0.2, 0) is 13.1 Å². The molecule has 1 aliphatic heterocycles. The Morgan fingerprint density at radius 1 is 1.21 bits per heavy atom. The molecule has 0 atom stereocenters. The van der Waals surface area contributed by atoms with Gasteiger partial charge >= 0.3 is 0 Å². The normalized spacial score (nSPS) is 20.5. The quantitative estimate of drug-likeness (QED) is 0.603. The zero-order valence-electron chi connectivity index (χ0n) is 8.16. The van der Waals surface area contributed by atoms with Crippen LogP contribution in [-0.4, -0.2) is 10.9 Å². The summed E-state index contributed by atoms with van der Waals surface area (Å²) in [6.45, 7) is 2.24. The van der Waals surface area contributed by atoms with E-state index in [0.29, 0.717) is 0 Å². The van der Waals surface area contributed by atoms with E-state index in [0.717, 1.165) is 24.7 Å². The second-order valence-corrected chi connectivity index (χ2v) is 4.26. The fourth-order valence-electron chi connectivity index (χ4n) is 2.21. The molecule has 0 radical (unpaired) electrons. The molecule has 0 spiro atoms. The summed E-state index contributed by atoms with van der Waals surface area (Å²) in [5.74, 6) is 2.70. The van der Waals surface area contributed by atoms with Gasteiger partial charge in [-0.05, 0) is 36.1 Å². The van der Waals surface area contributed by atoms with E-state index >= 15 is 0 Å². The highest BCUT2D eigenvalue weighted by Gasteiger charge is 2.32. The molecule has 0 aromatic heterocycles. The Kier molecular flexibility index (Phi) is 1.65. The monoisotopic (exact) mass is 183 g/mol. The standard InChI is InChI=1S/C13H13N/c1-2-10-3-4-11-8-14(13-5-6-13)9-12(11)7-10/h1,3-4,7,13H,5-6,8-9H2. The summed E-state index contributed by atoms with van der Waals surface area (Å²) in [4.78, 5) is 2.56. The average molecular weight is 183 g/mol. The van der Waals surface area contributed by atoms with Crippen LogP contribution in [0.2, 0.25) is 0 Å². The summed E-state index contributed by atoms with van der Waals surface area (Å²) < 4.78 is 0. The molecule has 2 aliphatic rings. The zero-order chi connectivity index (χ0) is 9.54. The summed E-state index contributed by atoms with van der Waals surface area (Å²) in [5, 5.41) is 0. The third kappa shape index (κ3) is 1.23. The molecular weight excluding hydrogens is 170 g/mol. The molecule has 70 valence electrons. The third-order valence-corrected chi connectivity index (χ3v) is 3.18. The lowest BCUT2D eigenvalue weighted by Gasteiger charge is -2.11. The van der Waals surface area contributed by atoms with E-state index in [4.69, 9.17) is 6.42 Å². The van der Waals surface area contributed by atoms with Crippen LogP contribution in [0.1, 0.15) is 29.5 Å². The second-order valence-electron chi connectivity index (χ2n) is 4.26. The van der Waals surface area contributed by atoms with E-state index in [9.17, 15) is 0 Å². The van der Waals surface area contributed by atoms with Gasteiger partial charge in [0.25, 0.3) is 0 Å². The molecule has 1 heterocycles. The van der Waals surface area contributed by atoms with Crippen molar-refractivity contribution < 1.29 is 0 Å². The minimum absolute atomic E-state index is 0.858. The number of benzene rings is 1. The maximum absolute atomic E-state index is 5.39. The first kappa shape index (κ1) is 8.08. The van der Waals surface area contributed by atoms with Crippen molar-refractivity contribution in [2.24, 2.45) is 0 Å². The van der Waals surface area contributed by atoms with Gasteiger partial charge in [0.2, 0.25) is 0 Å². The van der Waals surface area contributed by atoms with Gasteiger partial charge in [-0.1, -0.05) is 12.0 Å². The molecule has 1 aromatic carbocycles. The molecule has 14 heavy (non-hydrogen) atoms. The fraction of sp³-hybridized carbons (Fsp3) is 0.385. The van der Waals surface area contributed by atoms with Gasteiger partial charge in [-0.15, -0.1) is 6.42 Å². The Balaban J connectivity index is 1.90. The molecule has 0 bridgehead atoms. The predicted molar refractivity (Wildman–Crippen MR) is 56.6 cm³/mol. The van der Waals surface area contributed by atoms with E-state index in [2.05, 4.69) is 29.0 Å². The van der Waals surface area contributed by atoms with Crippen LogP contribution >= 0.6 is 0 Å². The first-order chi connectivity index (χ1) is 6.86. The largest absolute Gasteiger partial charge is 0.292 e. The van der Waals surface area contributed by atoms with Crippen molar-refractivity contribution in [1.82, 2.24) is 4.90 Å². The van der Waals surface area contributed by atoms with Crippen LogP contribution in [0, 0.1) is 12.3 Å². The van der Waals surface area contributed by atoms with Crippen molar-refractivity contribution >= 4 is 0 Å². The molecule has 0 saturated heterocycles. The Labute approximate surface area is 84.7 Å². The van der Waals surface area contributed by atoms with Crippen LogP contribution in [0.4, 0.5) is 0 Å². The number of nitrogens with zero attached hydrogens (tertiary/aromatic N) is 1.